The van der Waals surface area contributed by atoms with Crippen molar-refractivity contribution in [3.8, 4) is 0 Å². The van der Waals surface area contributed by atoms with E-state index in [4.69, 9.17) is 0 Å². The van der Waals surface area contributed by atoms with E-state index in [1.165, 1.54) is 24.8 Å². The standard InChI is InChI=1S/C16H20N2O/c19-16(14-8-12-7-13(12)9-14)18(15-1-2-15)10-11-3-5-17-6-4-11/h3-6,12-15H,1-2,7-10H2. The van der Waals surface area contributed by atoms with Gasteiger partial charge < -0.3 is 4.90 Å². The molecule has 0 N–H and O–H groups in total. The van der Waals surface area contributed by atoms with Crippen molar-refractivity contribution in [2.75, 3.05) is 0 Å². The molecule has 0 aromatic carbocycles. The number of fused-ring (bicyclic) bond motifs is 1. The Morgan fingerprint density at radius 3 is 2.47 bits per heavy atom. The van der Waals surface area contributed by atoms with Crippen molar-refractivity contribution in [2.45, 2.75) is 44.7 Å². The van der Waals surface area contributed by atoms with E-state index in [1.807, 2.05) is 24.5 Å². The first-order chi connectivity index (χ1) is 9.31. The molecule has 3 saturated carbocycles. The number of hydrogen-bond acceptors (Lipinski definition) is 2. The van der Waals surface area contributed by atoms with Crippen molar-refractivity contribution in [3.63, 3.8) is 0 Å². The molecule has 0 saturated heterocycles. The summed E-state index contributed by atoms with van der Waals surface area (Å²) in [6.07, 6.45) is 9.71. The fourth-order valence-electron chi connectivity index (χ4n) is 3.61. The molecule has 0 aliphatic heterocycles. The Bertz CT molecular complexity index is 473. The molecular weight excluding hydrogens is 236 g/mol. The Morgan fingerprint density at radius 2 is 1.84 bits per heavy atom. The second-order valence-corrected chi connectivity index (χ2v) is 6.48. The van der Waals surface area contributed by atoms with Crippen LogP contribution in [0.4, 0.5) is 0 Å². The van der Waals surface area contributed by atoms with Gasteiger partial charge in [-0.3, -0.25) is 9.78 Å². The van der Waals surface area contributed by atoms with Crippen LogP contribution in [0.2, 0.25) is 0 Å². The molecule has 1 heterocycles. The smallest absolute Gasteiger partial charge is 0.226 e. The van der Waals surface area contributed by atoms with E-state index in [1.54, 1.807) is 0 Å². The van der Waals surface area contributed by atoms with Crippen LogP contribution in [-0.2, 0) is 11.3 Å². The first-order valence-electron chi connectivity index (χ1n) is 7.50. The maximum absolute atomic E-state index is 12.7. The molecule has 1 amide bonds. The summed E-state index contributed by atoms with van der Waals surface area (Å²) in [7, 11) is 0. The van der Waals surface area contributed by atoms with Crippen molar-refractivity contribution in [2.24, 2.45) is 17.8 Å². The maximum Gasteiger partial charge on any atom is 0.226 e. The summed E-state index contributed by atoms with van der Waals surface area (Å²) in [6, 6.07) is 4.56. The minimum atomic E-state index is 0.325. The fourth-order valence-corrected chi connectivity index (χ4v) is 3.61. The molecular formula is C16H20N2O. The first kappa shape index (κ1) is 11.4. The molecule has 3 aliphatic rings. The topological polar surface area (TPSA) is 33.2 Å². The number of aromatic nitrogens is 1. The summed E-state index contributed by atoms with van der Waals surface area (Å²) in [5.41, 5.74) is 1.21. The van der Waals surface area contributed by atoms with Gasteiger partial charge in [-0.25, -0.2) is 0 Å². The molecule has 1 aromatic rings. The Hall–Kier alpha value is -1.38. The molecule has 4 rings (SSSR count). The average molecular weight is 256 g/mol. The number of carbonyl (C=O) groups excluding carboxylic acids is 1. The second kappa shape index (κ2) is 4.32. The Balaban J connectivity index is 1.47. The van der Waals surface area contributed by atoms with Gasteiger partial charge in [-0.15, -0.1) is 0 Å². The van der Waals surface area contributed by atoms with Crippen LogP contribution in [0.1, 0.15) is 37.7 Å². The van der Waals surface area contributed by atoms with E-state index >= 15 is 0 Å². The highest BCUT2D eigenvalue weighted by atomic mass is 16.2. The van der Waals surface area contributed by atoms with Crippen LogP contribution in [0.5, 0.6) is 0 Å². The van der Waals surface area contributed by atoms with Crippen molar-refractivity contribution in [3.05, 3.63) is 30.1 Å². The number of amides is 1. The van der Waals surface area contributed by atoms with Crippen LogP contribution in [0, 0.1) is 17.8 Å². The maximum atomic E-state index is 12.7. The number of nitrogens with zero attached hydrogens (tertiary/aromatic N) is 2. The first-order valence-corrected chi connectivity index (χ1v) is 7.50. The zero-order valence-corrected chi connectivity index (χ0v) is 11.2. The Morgan fingerprint density at radius 1 is 1.16 bits per heavy atom. The minimum absolute atomic E-state index is 0.325. The lowest BCUT2D eigenvalue weighted by atomic mass is 10.0. The summed E-state index contributed by atoms with van der Waals surface area (Å²) in [5, 5.41) is 0. The van der Waals surface area contributed by atoms with Crippen molar-refractivity contribution < 1.29 is 4.79 Å². The van der Waals surface area contributed by atoms with E-state index in [9.17, 15) is 4.79 Å². The zero-order chi connectivity index (χ0) is 12.8. The van der Waals surface area contributed by atoms with Gasteiger partial charge in [0, 0.05) is 30.9 Å². The van der Waals surface area contributed by atoms with Gasteiger partial charge >= 0.3 is 0 Å². The van der Waals surface area contributed by atoms with Crippen LogP contribution in [0.25, 0.3) is 0 Å². The van der Waals surface area contributed by atoms with Crippen LogP contribution < -0.4 is 0 Å². The van der Waals surface area contributed by atoms with Gasteiger partial charge in [-0.1, -0.05) is 0 Å². The summed E-state index contributed by atoms with van der Waals surface area (Å²) >= 11 is 0. The zero-order valence-electron chi connectivity index (χ0n) is 11.2. The van der Waals surface area contributed by atoms with Crippen LogP contribution in [0.3, 0.4) is 0 Å². The highest BCUT2D eigenvalue weighted by Crippen LogP contribution is 2.55. The second-order valence-electron chi connectivity index (χ2n) is 6.48. The number of hydrogen-bond donors (Lipinski definition) is 0. The molecule has 2 atom stereocenters. The number of pyridine rings is 1. The molecule has 3 fully saturated rings. The third-order valence-electron chi connectivity index (χ3n) is 4.97. The molecule has 0 spiro atoms. The monoisotopic (exact) mass is 256 g/mol. The number of rotatable bonds is 4. The molecule has 19 heavy (non-hydrogen) atoms. The van der Waals surface area contributed by atoms with Crippen molar-refractivity contribution in [1.29, 1.82) is 0 Å². The lowest BCUT2D eigenvalue weighted by Gasteiger charge is -2.26. The van der Waals surface area contributed by atoms with Gasteiger partial charge in [-0.2, -0.15) is 0 Å². The molecule has 3 heteroatoms. The van der Waals surface area contributed by atoms with E-state index in [0.29, 0.717) is 17.9 Å². The number of carbonyl (C=O) groups is 1. The molecule has 1 aromatic heterocycles. The van der Waals surface area contributed by atoms with Gasteiger partial charge in [0.05, 0.1) is 0 Å². The molecule has 3 aliphatic carbocycles. The van der Waals surface area contributed by atoms with Gasteiger partial charge in [-0.05, 0) is 61.6 Å². The van der Waals surface area contributed by atoms with E-state index in [-0.39, 0.29) is 0 Å². The lowest BCUT2D eigenvalue weighted by molar-refractivity contribution is -0.137. The Kier molecular flexibility index (Phi) is 2.61. The average Bonchev–Trinajstić information content (AvgIpc) is 3.37. The summed E-state index contributed by atoms with van der Waals surface area (Å²) in [6.45, 7) is 0.776. The highest BCUT2D eigenvalue weighted by Gasteiger charge is 2.49. The van der Waals surface area contributed by atoms with E-state index in [0.717, 1.165) is 31.2 Å². The van der Waals surface area contributed by atoms with Crippen molar-refractivity contribution in [1.82, 2.24) is 9.88 Å². The molecule has 0 bridgehead atoms. The lowest BCUT2D eigenvalue weighted by Crippen LogP contribution is -2.37. The summed E-state index contributed by atoms with van der Waals surface area (Å²) < 4.78 is 0. The minimum Gasteiger partial charge on any atom is -0.335 e. The molecule has 3 nitrogen and oxygen atoms in total. The van der Waals surface area contributed by atoms with Gasteiger partial charge in [0.1, 0.15) is 0 Å². The van der Waals surface area contributed by atoms with Gasteiger partial charge in [0.25, 0.3) is 0 Å². The third-order valence-corrected chi connectivity index (χ3v) is 4.97. The van der Waals surface area contributed by atoms with Crippen molar-refractivity contribution >= 4 is 5.91 Å². The Labute approximate surface area is 114 Å². The fraction of sp³-hybridized carbons (Fsp3) is 0.625. The molecule has 100 valence electrons. The molecule has 2 unspecified atom stereocenters. The predicted molar refractivity (Wildman–Crippen MR) is 72.1 cm³/mol. The summed E-state index contributed by atoms with van der Waals surface area (Å²) in [4.78, 5) is 18.9. The van der Waals surface area contributed by atoms with Crippen LogP contribution in [0.15, 0.2) is 24.5 Å². The molecule has 0 radical (unpaired) electrons. The largest absolute Gasteiger partial charge is 0.335 e. The van der Waals surface area contributed by atoms with Crippen LogP contribution in [-0.4, -0.2) is 21.8 Å². The highest BCUT2D eigenvalue weighted by molar-refractivity contribution is 5.80. The quantitative estimate of drug-likeness (QED) is 0.829. The normalized spacial score (nSPS) is 31.9. The predicted octanol–water partition coefficient (Wildman–Crippen LogP) is 2.62. The van der Waals surface area contributed by atoms with E-state index < -0.39 is 0 Å². The van der Waals surface area contributed by atoms with Crippen LogP contribution >= 0.6 is 0 Å². The van der Waals surface area contributed by atoms with E-state index in [2.05, 4.69) is 9.88 Å². The SMILES string of the molecule is O=C(C1CC2CC2C1)N(Cc1ccncc1)C1CC1. The summed E-state index contributed by atoms with van der Waals surface area (Å²) in [5.74, 6) is 2.52. The van der Waals surface area contributed by atoms with Gasteiger partial charge in [0.15, 0.2) is 0 Å². The third kappa shape index (κ3) is 2.26. The van der Waals surface area contributed by atoms with Gasteiger partial charge in [0.2, 0.25) is 5.91 Å².